The minimum Gasteiger partial charge on any atom is -0.493 e. The maximum atomic E-state index is 12.5. The number of nitrogens with zero attached hydrogens (tertiary/aromatic N) is 2. The van der Waals surface area contributed by atoms with Gasteiger partial charge in [0.15, 0.2) is 11.5 Å². The van der Waals surface area contributed by atoms with Crippen molar-refractivity contribution in [1.82, 2.24) is 9.97 Å². The Kier molecular flexibility index (Phi) is 5.18. The van der Waals surface area contributed by atoms with E-state index in [1.54, 1.807) is 19.6 Å². The molecule has 7 heteroatoms. The van der Waals surface area contributed by atoms with Crippen LogP contribution in [-0.4, -0.2) is 30.1 Å². The van der Waals surface area contributed by atoms with E-state index >= 15 is 0 Å². The molecule has 0 spiro atoms. The van der Waals surface area contributed by atoms with Crippen LogP contribution in [0.3, 0.4) is 0 Å². The van der Waals surface area contributed by atoms with Gasteiger partial charge >= 0.3 is 0 Å². The summed E-state index contributed by atoms with van der Waals surface area (Å²) in [5.41, 5.74) is 3.64. The van der Waals surface area contributed by atoms with Gasteiger partial charge < -0.3 is 14.8 Å². The smallest absolute Gasteiger partial charge is 0.275 e. The molecule has 1 amide bonds. The highest BCUT2D eigenvalue weighted by molar-refractivity contribution is 7.13. The number of hydrogen-bond acceptors (Lipinski definition) is 6. The Morgan fingerprint density at radius 2 is 1.69 bits per heavy atom. The Hall–Kier alpha value is -2.93. The van der Waals surface area contributed by atoms with E-state index in [0.717, 1.165) is 22.0 Å². The highest BCUT2D eigenvalue weighted by atomic mass is 32.1. The van der Waals surface area contributed by atoms with E-state index in [1.807, 2.05) is 44.2 Å². The predicted octanol–water partition coefficient (Wildman–Crippen LogP) is 4.09. The average Bonchev–Trinajstić information content (AvgIpc) is 3.10. The lowest BCUT2D eigenvalue weighted by molar-refractivity contribution is 0.102. The number of rotatable bonds is 5. The largest absolute Gasteiger partial charge is 0.493 e. The molecule has 0 fully saturated rings. The quantitative estimate of drug-likeness (QED) is 0.733. The molecular formula is C19H19N3O3S. The van der Waals surface area contributed by atoms with Gasteiger partial charge in [-0.25, -0.2) is 4.98 Å². The fourth-order valence-electron chi connectivity index (χ4n) is 2.58. The van der Waals surface area contributed by atoms with Gasteiger partial charge in [0.05, 0.1) is 14.2 Å². The van der Waals surface area contributed by atoms with Crippen LogP contribution in [0.4, 0.5) is 5.69 Å². The zero-order valence-electron chi connectivity index (χ0n) is 15.0. The molecule has 0 aliphatic heterocycles. The number of carbonyl (C=O) groups excluding carboxylic acids is 1. The molecule has 0 bridgehead atoms. The van der Waals surface area contributed by atoms with Gasteiger partial charge in [0.2, 0.25) is 0 Å². The van der Waals surface area contributed by atoms with Crippen LogP contribution in [0.2, 0.25) is 0 Å². The Labute approximate surface area is 155 Å². The molecule has 0 atom stereocenters. The van der Waals surface area contributed by atoms with Crippen molar-refractivity contribution in [2.24, 2.45) is 0 Å². The molecule has 1 aromatic carbocycles. The topological polar surface area (TPSA) is 73.3 Å². The molecular weight excluding hydrogens is 350 g/mol. The second-order valence-electron chi connectivity index (χ2n) is 5.70. The summed E-state index contributed by atoms with van der Waals surface area (Å²) in [6.07, 6.45) is 0. The molecule has 3 rings (SSSR count). The minimum atomic E-state index is -0.252. The predicted molar refractivity (Wildman–Crippen MR) is 102 cm³/mol. The summed E-state index contributed by atoms with van der Waals surface area (Å²) in [7, 11) is 3.17. The molecule has 0 aliphatic rings. The van der Waals surface area contributed by atoms with Crippen molar-refractivity contribution in [3.05, 3.63) is 52.8 Å². The van der Waals surface area contributed by atoms with Gasteiger partial charge in [0.25, 0.3) is 5.91 Å². The summed E-state index contributed by atoms with van der Waals surface area (Å²) in [5, 5.41) is 5.34. The maximum Gasteiger partial charge on any atom is 0.275 e. The van der Waals surface area contributed by atoms with Crippen LogP contribution >= 0.6 is 11.3 Å². The number of benzene rings is 1. The molecule has 1 N–H and O–H groups in total. The van der Waals surface area contributed by atoms with Crippen LogP contribution in [0.15, 0.2) is 35.7 Å². The molecule has 2 aromatic heterocycles. The van der Waals surface area contributed by atoms with Gasteiger partial charge in [-0.1, -0.05) is 0 Å². The third-order valence-electron chi connectivity index (χ3n) is 3.71. The molecule has 6 nitrogen and oxygen atoms in total. The number of aromatic nitrogens is 2. The van der Waals surface area contributed by atoms with Crippen LogP contribution in [0.1, 0.15) is 21.9 Å². The fraction of sp³-hybridized carbons (Fsp3) is 0.211. The van der Waals surface area contributed by atoms with Gasteiger partial charge in [-0.05, 0) is 44.2 Å². The van der Waals surface area contributed by atoms with Crippen molar-refractivity contribution in [1.29, 1.82) is 0 Å². The van der Waals surface area contributed by atoms with Crippen molar-refractivity contribution >= 4 is 22.9 Å². The molecule has 134 valence electrons. The van der Waals surface area contributed by atoms with Crippen molar-refractivity contribution in [2.75, 3.05) is 19.5 Å². The van der Waals surface area contributed by atoms with E-state index in [9.17, 15) is 4.79 Å². The lowest BCUT2D eigenvalue weighted by atomic mass is 10.2. The summed E-state index contributed by atoms with van der Waals surface area (Å²) < 4.78 is 10.6. The first-order chi connectivity index (χ1) is 12.5. The zero-order chi connectivity index (χ0) is 18.7. The van der Waals surface area contributed by atoms with Crippen LogP contribution in [0, 0.1) is 13.8 Å². The number of amides is 1. The second kappa shape index (κ2) is 7.53. The van der Waals surface area contributed by atoms with Crippen molar-refractivity contribution in [2.45, 2.75) is 13.8 Å². The lowest BCUT2D eigenvalue weighted by Gasteiger charge is -2.08. The number of methoxy groups -OCH3 is 2. The Bertz CT molecular complexity index is 933. The highest BCUT2D eigenvalue weighted by Crippen LogP contribution is 2.33. The normalized spacial score (nSPS) is 10.5. The van der Waals surface area contributed by atoms with Gasteiger partial charge in [-0.3, -0.25) is 9.78 Å². The Balaban J connectivity index is 1.82. The van der Waals surface area contributed by atoms with E-state index in [2.05, 4.69) is 15.3 Å². The number of hydrogen-bond donors (Lipinski definition) is 1. The molecule has 0 saturated heterocycles. The zero-order valence-corrected chi connectivity index (χ0v) is 15.8. The van der Waals surface area contributed by atoms with E-state index in [0.29, 0.717) is 22.9 Å². The number of anilines is 1. The minimum absolute atomic E-state index is 0.252. The second-order valence-corrected chi connectivity index (χ2v) is 6.56. The lowest BCUT2D eigenvalue weighted by Crippen LogP contribution is -2.12. The molecule has 2 heterocycles. The van der Waals surface area contributed by atoms with Crippen LogP contribution in [-0.2, 0) is 0 Å². The molecule has 0 unspecified atom stereocenters. The number of aryl methyl sites for hydroxylation is 2. The van der Waals surface area contributed by atoms with E-state index in [4.69, 9.17) is 9.47 Å². The third-order valence-corrected chi connectivity index (χ3v) is 4.60. The number of carbonyl (C=O) groups is 1. The van der Waals surface area contributed by atoms with Gasteiger partial charge in [-0.15, -0.1) is 11.3 Å². The molecule has 26 heavy (non-hydrogen) atoms. The van der Waals surface area contributed by atoms with Crippen molar-refractivity contribution in [3.8, 4) is 22.1 Å². The van der Waals surface area contributed by atoms with Gasteiger partial charge in [0, 0.05) is 28.0 Å². The summed E-state index contributed by atoms with van der Waals surface area (Å²) in [6, 6.07) is 9.20. The van der Waals surface area contributed by atoms with Crippen molar-refractivity contribution < 1.29 is 14.3 Å². The Morgan fingerprint density at radius 3 is 2.35 bits per heavy atom. The third kappa shape index (κ3) is 3.83. The monoisotopic (exact) mass is 369 g/mol. The first-order valence-electron chi connectivity index (χ1n) is 7.94. The van der Waals surface area contributed by atoms with E-state index in [1.165, 1.54) is 11.3 Å². The summed E-state index contributed by atoms with van der Waals surface area (Å²) in [6.45, 7) is 3.78. The molecule has 3 aromatic rings. The number of thiazole rings is 1. The standard InChI is InChI=1S/C19H19N3O3S/c1-11-7-14(8-12(2)20-11)21-18(23)15-10-26-19(22-15)13-5-6-16(24-3)17(9-13)25-4/h5-10H,1-4H3,(H,20,21,23). The average molecular weight is 369 g/mol. The summed E-state index contributed by atoms with van der Waals surface area (Å²) >= 11 is 1.40. The summed E-state index contributed by atoms with van der Waals surface area (Å²) in [5.74, 6) is 1.01. The number of ether oxygens (including phenoxy) is 2. The van der Waals surface area contributed by atoms with E-state index in [-0.39, 0.29) is 5.91 Å². The van der Waals surface area contributed by atoms with Gasteiger partial charge in [0.1, 0.15) is 10.7 Å². The van der Waals surface area contributed by atoms with Crippen LogP contribution in [0.5, 0.6) is 11.5 Å². The SMILES string of the molecule is COc1ccc(-c2nc(C(=O)Nc3cc(C)nc(C)c3)cs2)cc1OC. The molecule has 0 aliphatic carbocycles. The first-order valence-corrected chi connectivity index (χ1v) is 8.82. The first kappa shape index (κ1) is 17.9. The molecule has 0 saturated carbocycles. The summed E-state index contributed by atoms with van der Waals surface area (Å²) in [4.78, 5) is 21.2. The van der Waals surface area contributed by atoms with E-state index < -0.39 is 0 Å². The molecule has 0 radical (unpaired) electrons. The maximum absolute atomic E-state index is 12.5. The highest BCUT2D eigenvalue weighted by Gasteiger charge is 2.14. The Morgan fingerprint density at radius 1 is 1.00 bits per heavy atom. The number of nitrogens with one attached hydrogen (secondary N) is 1. The fourth-order valence-corrected chi connectivity index (χ4v) is 3.38. The van der Waals surface area contributed by atoms with Crippen LogP contribution < -0.4 is 14.8 Å². The van der Waals surface area contributed by atoms with Crippen molar-refractivity contribution in [3.63, 3.8) is 0 Å². The van der Waals surface area contributed by atoms with Gasteiger partial charge in [-0.2, -0.15) is 0 Å². The van der Waals surface area contributed by atoms with Crippen LogP contribution in [0.25, 0.3) is 10.6 Å². The number of pyridine rings is 1.